The highest BCUT2D eigenvalue weighted by Crippen LogP contribution is 2.20. The maximum absolute atomic E-state index is 11.9. The average Bonchev–Trinajstić information content (AvgIpc) is 2.82. The lowest BCUT2D eigenvalue weighted by Crippen LogP contribution is -2.40. The molecule has 0 aliphatic rings. The van der Waals surface area contributed by atoms with Crippen LogP contribution in [0, 0.1) is 0 Å². The fourth-order valence-electron chi connectivity index (χ4n) is 2.05. The second kappa shape index (κ2) is 5.95. The number of nitrogens with one attached hydrogen (secondary N) is 1. The van der Waals surface area contributed by atoms with Gasteiger partial charge < -0.3 is 15.6 Å². The molecule has 0 spiro atoms. The smallest absolute Gasteiger partial charge is 0.222 e. The minimum absolute atomic E-state index is 0.0244. The summed E-state index contributed by atoms with van der Waals surface area (Å²) in [5.74, 6) is 0.488. The lowest BCUT2D eigenvalue weighted by Gasteiger charge is -2.20. The van der Waals surface area contributed by atoms with E-state index in [1.54, 1.807) is 24.8 Å². The minimum Gasteiger partial charge on any atom is -0.384 e. The number of anilines is 1. The van der Waals surface area contributed by atoms with Gasteiger partial charge in [0.2, 0.25) is 5.91 Å². The summed E-state index contributed by atoms with van der Waals surface area (Å²) < 4.78 is 1.94. The number of amides is 1. The van der Waals surface area contributed by atoms with Gasteiger partial charge in [-0.25, -0.2) is 9.97 Å². The molecular weight excluding hydrogens is 266 g/mol. The summed E-state index contributed by atoms with van der Waals surface area (Å²) >= 11 is 0. The molecule has 2 aromatic rings. The Labute approximate surface area is 124 Å². The number of nitrogen functional groups attached to an aromatic ring is 1. The van der Waals surface area contributed by atoms with Crippen molar-refractivity contribution in [3.8, 4) is 11.3 Å². The van der Waals surface area contributed by atoms with Crippen LogP contribution in [0.2, 0.25) is 0 Å². The third-order valence-corrected chi connectivity index (χ3v) is 2.88. The van der Waals surface area contributed by atoms with Crippen LogP contribution in [0.25, 0.3) is 11.3 Å². The topological polar surface area (TPSA) is 85.8 Å². The number of pyridine rings is 1. The molecule has 2 heterocycles. The van der Waals surface area contributed by atoms with Crippen LogP contribution in [0.3, 0.4) is 0 Å². The summed E-state index contributed by atoms with van der Waals surface area (Å²) in [6.45, 7) is 6.47. The first-order valence-electron chi connectivity index (χ1n) is 6.88. The van der Waals surface area contributed by atoms with Gasteiger partial charge in [0.15, 0.2) is 0 Å². The number of hydrogen-bond acceptors (Lipinski definition) is 4. The summed E-state index contributed by atoms with van der Waals surface area (Å²) in [6, 6.07) is 3.67. The van der Waals surface area contributed by atoms with E-state index in [0.29, 0.717) is 18.8 Å². The Morgan fingerprint density at radius 1 is 1.43 bits per heavy atom. The van der Waals surface area contributed by atoms with Crippen molar-refractivity contribution < 1.29 is 4.79 Å². The van der Waals surface area contributed by atoms with Crippen molar-refractivity contribution in [2.45, 2.75) is 39.3 Å². The minimum atomic E-state index is -0.214. The summed E-state index contributed by atoms with van der Waals surface area (Å²) in [5, 5.41) is 2.95. The highest BCUT2D eigenvalue weighted by Gasteiger charge is 2.14. The quantitative estimate of drug-likeness (QED) is 0.898. The van der Waals surface area contributed by atoms with Gasteiger partial charge in [0.1, 0.15) is 5.82 Å². The highest BCUT2D eigenvalue weighted by atomic mass is 16.1. The van der Waals surface area contributed by atoms with Crippen molar-refractivity contribution >= 4 is 11.7 Å². The van der Waals surface area contributed by atoms with Gasteiger partial charge in [-0.3, -0.25) is 4.79 Å². The fourth-order valence-corrected chi connectivity index (χ4v) is 2.05. The van der Waals surface area contributed by atoms with E-state index in [4.69, 9.17) is 5.73 Å². The molecule has 0 unspecified atom stereocenters. The van der Waals surface area contributed by atoms with E-state index in [-0.39, 0.29) is 11.4 Å². The molecule has 6 nitrogen and oxygen atoms in total. The maximum atomic E-state index is 11.9. The van der Waals surface area contributed by atoms with E-state index in [2.05, 4.69) is 15.3 Å². The lowest BCUT2D eigenvalue weighted by atomic mass is 10.1. The van der Waals surface area contributed by atoms with Gasteiger partial charge in [0.25, 0.3) is 0 Å². The normalized spacial score (nSPS) is 11.4. The Hall–Kier alpha value is -2.37. The van der Waals surface area contributed by atoms with Crippen molar-refractivity contribution in [2.24, 2.45) is 0 Å². The number of hydrogen-bond donors (Lipinski definition) is 2. The highest BCUT2D eigenvalue weighted by molar-refractivity contribution is 5.76. The van der Waals surface area contributed by atoms with Gasteiger partial charge in [-0.2, -0.15) is 0 Å². The van der Waals surface area contributed by atoms with Crippen molar-refractivity contribution in [2.75, 3.05) is 5.73 Å². The third kappa shape index (κ3) is 4.30. The number of carbonyl (C=O) groups is 1. The van der Waals surface area contributed by atoms with Crippen LogP contribution >= 0.6 is 0 Å². The molecular formula is C15H21N5O. The predicted molar refractivity (Wildman–Crippen MR) is 82.4 cm³/mol. The summed E-state index contributed by atoms with van der Waals surface area (Å²) in [4.78, 5) is 20.0. The number of aryl methyl sites for hydroxylation is 1. The Kier molecular flexibility index (Phi) is 4.26. The van der Waals surface area contributed by atoms with Crippen molar-refractivity contribution in [3.63, 3.8) is 0 Å². The average molecular weight is 287 g/mol. The van der Waals surface area contributed by atoms with Gasteiger partial charge >= 0.3 is 0 Å². The molecule has 0 aliphatic heterocycles. The molecule has 3 N–H and O–H groups in total. The molecule has 0 saturated heterocycles. The van der Waals surface area contributed by atoms with E-state index >= 15 is 0 Å². The largest absolute Gasteiger partial charge is 0.384 e. The van der Waals surface area contributed by atoms with E-state index in [1.165, 1.54) is 0 Å². The second-order valence-electron chi connectivity index (χ2n) is 5.99. The molecule has 2 rings (SSSR count). The molecule has 112 valence electrons. The van der Waals surface area contributed by atoms with E-state index < -0.39 is 0 Å². The molecule has 0 radical (unpaired) electrons. The lowest BCUT2D eigenvalue weighted by molar-refractivity contribution is -0.122. The number of nitrogens with two attached hydrogens (primary N) is 1. The number of rotatable bonds is 4. The van der Waals surface area contributed by atoms with E-state index in [1.807, 2.05) is 31.4 Å². The first-order valence-corrected chi connectivity index (χ1v) is 6.88. The number of aromatic nitrogens is 3. The monoisotopic (exact) mass is 287 g/mol. The van der Waals surface area contributed by atoms with Crippen molar-refractivity contribution in [3.05, 3.63) is 30.9 Å². The number of carbonyl (C=O) groups excluding carboxylic acids is 1. The maximum Gasteiger partial charge on any atom is 0.222 e. The second-order valence-corrected chi connectivity index (χ2v) is 5.99. The SMILES string of the molecule is CC(C)(C)NC(=O)CCn1cncc1-c1ccnc(N)c1. The van der Waals surface area contributed by atoms with Gasteiger partial charge in [-0.05, 0) is 32.9 Å². The van der Waals surface area contributed by atoms with Gasteiger partial charge in [0.05, 0.1) is 18.2 Å². The molecule has 2 aromatic heterocycles. The standard InChI is InChI=1S/C15H21N5O/c1-15(2,3)19-14(21)5-7-20-10-17-9-12(20)11-4-6-18-13(16)8-11/h4,6,8-10H,5,7H2,1-3H3,(H2,16,18)(H,19,21). The van der Waals surface area contributed by atoms with Crippen LogP contribution in [-0.2, 0) is 11.3 Å². The van der Waals surface area contributed by atoms with Crippen LogP contribution in [0.5, 0.6) is 0 Å². The Balaban J connectivity index is 2.06. The number of imidazole rings is 1. The molecule has 0 fully saturated rings. The number of nitrogens with zero attached hydrogens (tertiary/aromatic N) is 3. The van der Waals surface area contributed by atoms with Gasteiger partial charge in [-0.15, -0.1) is 0 Å². The van der Waals surface area contributed by atoms with Crippen LogP contribution in [0.15, 0.2) is 30.9 Å². The van der Waals surface area contributed by atoms with E-state index in [9.17, 15) is 4.79 Å². The van der Waals surface area contributed by atoms with Crippen LogP contribution in [0.4, 0.5) is 5.82 Å². The van der Waals surface area contributed by atoms with Gasteiger partial charge in [0, 0.05) is 30.3 Å². The fraction of sp³-hybridized carbons (Fsp3) is 0.400. The predicted octanol–water partition coefficient (Wildman–Crippen LogP) is 1.83. The van der Waals surface area contributed by atoms with Gasteiger partial charge in [-0.1, -0.05) is 0 Å². The summed E-state index contributed by atoms with van der Waals surface area (Å²) in [7, 11) is 0. The van der Waals surface area contributed by atoms with Crippen molar-refractivity contribution in [1.29, 1.82) is 0 Å². The molecule has 6 heteroatoms. The molecule has 0 bridgehead atoms. The molecule has 0 saturated carbocycles. The molecule has 21 heavy (non-hydrogen) atoms. The Bertz CT molecular complexity index is 627. The zero-order valence-corrected chi connectivity index (χ0v) is 12.6. The Morgan fingerprint density at radius 3 is 2.86 bits per heavy atom. The zero-order valence-electron chi connectivity index (χ0n) is 12.6. The molecule has 0 aromatic carbocycles. The third-order valence-electron chi connectivity index (χ3n) is 2.88. The first kappa shape index (κ1) is 15.0. The van der Waals surface area contributed by atoms with E-state index in [0.717, 1.165) is 11.3 Å². The van der Waals surface area contributed by atoms with Crippen LogP contribution in [-0.4, -0.2) is 26.0 Å². The molecule has 0 atom stereocenters. The summed E-state index contributed by atoms with van der Waals surface area (Å²) in [5.41, 5.74) is 7.35. The zero-order chi connectivity index (χ0) is 15.5. The van der Waals surface area contributed by atoms with Crippen LogP contribution < -0.4 is 11.1 Å². The molecule has 0 aliphatic carbocycles. The van der Waals surface area contributed by atoms with Crippen LogP contribution in [0.1, 0.15) is 27.2 Å². The summed E-state index contributed by atoms with van der Waals surface area (Å²) in [6.07, 6.45) is 5.54. The molecule has 1 amide bonds. The van der Waals surface area contributed by atoms with Crippen molar-refractivity contribution in [1.82, 2.24) is 19.9 Å². The Morgan fingerprint density at radius 2 is 2.19 bits per heavy atom. The first-order chi connectivity index (χ1) is 9.85.